The fourth-order valence-electron chi connectivity index (χ4n) is 1.30. The highest BCUT2D eigenvalue weighted by Crippen LogP contribution is 2.30. The summed E-state index contributed by atoms with van der Waals surface area (Å²) in [6.45, 7) is 0. The second-order valence-electron chi connectivity index (χ2n) is 3.31. The number of aryl methyl sites for hydroxylation is 1. The van der Waals surface area contributed by atoms with Gasteiger partial charge in [0.15, 0.2) is 3.79 Å². The summed E-state index contributed by atoms with van der Waals surface area (Å²) in [7, 11) is -0.233. The lowest BCUT2D eigenvalue weighted by molar-refractivity contribution is 1.10. The number of rotatable bonds is 4. The van der Waals surface area contributed by atoms with Crippen LogP contribution >= 0.6 is 34.8 Å². The van der Waals surface area contributed by atoms with Gasteiger partial charge in [0.2, 0.25) is 0 Å². The highest BCUT2D eigenvalue weighted by Gasteiger charge is 2.18. The van der Waals surface area contributed by atoms with E-state index in [2.05, 4.69) is 24.3 Å². The molecule has 1 aromatic rings. The topological polar surface area (TPSA) is 0 Å². The average molecular weight is 268 g/mol. The van der Waals surface area contributed by atoms with Gasteiger partial charge in [-0.05, 0) is 18.0 Å². The van der Waals surface area contributed by atoms with E-state index in [1.807, 2.05) is 6.07 Å². The maximum absolute atomic E-state index is 5.68. The van der Waals surface area contributed by atoms with Gasteiger partial charge in [-0.15, -0.1) is 0 Å². The van der Waals surface area contributed by atoms with Gasteiger partial charge in [0.25, 0.3) is 0 Å². The first-order valence-electron chi connectivity index (χ1n) is 4.68. The lowest BCUT2D eigenvalue weighted by atomic mass is 10.2. The summed E-state index contributed by atoms with van der Waals surface area (Å²) in [4.78, 5) is 0. The molecule has 0 unspecified atom stereocenters. The SMILES string of the molecule is ClC(Cl)(Cl)C[SiH2]CCc1ccccc1. The van der Waals surface area contributed by atoms with E-state index in [0.29, 0.717) is 0 Å². The van der Waals surface area contributed by atoms with E-state index >= 15 is 0 Å². The second-order valence-corrected chi connectivity index (χ2v) is 7.74. The zero-order valence-electron chi connectivity index (χ0n) is 7.85. The zero-order valence-corrected chi connectivity index (χ0v) is 11.5. The predicted molar refractivity (Wildman–Crippen MR) is 68.6 cm³/mol. The van der Waals surface area contributed by atoms with Crippen LogP contribution in [0.5, 0.6) is 0 Å². The van der Waals surface area contributed by atoms with Crippen molar-refractivity contribution in [3.63, 3.8) is 0 Å². The molecule has 0 amide bonds. The molecule has 4 heteroatoms. The molecule has 0 nitrogen and oxygen atoms in total. The number of alkyl halides is 3. The minimum Gasteiger partial charge on any atom is -0.0840 e. The van der Waals surface area contributed by atoms with Crippen molar-refractivity contribution < 1.29 is 0 Å². The summed E-state index contributed by atoms with van der Waals surface area (Å²) in [5.41, 5.74) is 1.38. The first kappa shape index (κ1) is 12.4. The largest absolute Gasteiger partial charge is 0.187 e. The number of halogens is 3. The number of hydrogen-bond acceptors (Lipinski definition) is 0. The molecule has 0 spiro atoms. The normalized spacial score (nSPS) is 12.5. The van der Waals surface area contributed by atoms with Gasteiger partial charge in [0.05, 0.1) is 0 Å². The smallest absolute Gasteiger partial charge is 0.0840 e. The molecule has 0 saturated heterocycles. The summed E-state index contributed by atoms with van der Waals surface area (Å²) >= 11 is 17.0. The molecule has 0 heterocycles. The molecule has 0 aliphatic heterocycles. The van der Waals surface area contributed by atoms with Crippen molar-refractivity contribution in [3.8, 4) is 0 Å². The predicted octanol–water partition coefficient (Wildman–Crippen LogP) is 3.60. The molecule has 0 bridgehead atoms. The van der Waals surface area contributed by atoms with E-state index in [1.165, 1.54) is 11.6 Å². The summed E-state index contributed by atoms with van der Waals surface area (Å²) in [5.74, 6) is 0. The monoisotopic (exact) mass is 266 g/mol. The van der Waals surface area contributed by atoms with Crippen LogP contribution in [0.15, 0.2) is 30.3 Å². The van der Waals surface area contributed by atoms with E-state index in [4.69, 9.17) is 34.8 Å². The van der Waals surface area contributed by atoms with Crippen LogP contribution in [-0.2, 0) is 6.42 Å². The fraction of sp³-hybridized carbons (Fsp3) is 0.400. The molecule has 0 N–H and O–H groups in total. The molecular formula is C10H13Cl3Si. The zero-order chi connectivity index (χ0) is 10.4. The maximum atomic E-state index is 5.68. The molecule has 0 saturated carbocycles. The quantitative estimate of drug-likeness (QED) is 0.444. The van der Waals surface area contributed by atoms with Crippen molar-refractivity contribution in [1.29, 1.82) is 0 Å². The Kier molecular flexibility index (Phi) is 5.32. The molecule has 14 heavy (non-hydrogen) atoms. The van der Waals surface area contributed by atoms with Gasteiger partial charge in [-0.3, -0.25) is 0 Å². The summed E-state index contributed by atoms with van der Waals surface area (Å²) in [6.07, 6.45) is 1.12. The van der Waals surface area contributed by atoms with E-state index < -0.39 is 3.79 Å². The Balaban J connectivity index is 2.17. The van der Waals surface area contributed by atoms with Crippen molar-refractivity contribution in [2.75, 3.05) is 0 Å². The van der Waals surface area contributed by atoms with Crippen LogP contribution in [-0.4, -0.2) is 13.3 Å². The van der Waals surface area contributed by atoms with Gasteiger partial charge in [0.1, 0.15) is 0 Å². The molecule has 1 aromatic carbocycles. The minimum atomic E-state index is -1.02. The first-order valence-corrected chi connectivity index (χ1v) is 7.82. The van der Waals surface area contributed by atoms with Gasteiger partial charge < -0.3 is 0 Å². The van der Waals surface area contributed by atoms with Crippen LogP contribution in [0.4, 0.5) is 0 Å². The summed E-state index contributed by atoms with van der Waals surface area (Å²) in [5, 5.41) is 0. The Labute approximate surface area is 102 Å². The van der Waals surface area contributed by atoms with Crippen molar-refractivity contribution in [2.24, 2.45) is 0 Å². The Morgan fingerprint density at radius 1 is 1.07 bits per heavy atom. The Hall–Kier alpha value is 0.307. The molecule has 0 aliphatic rings. The number of benzene rings is 1. The first-order chi connectivity index (χ1) is 6.58. The van der Waals surface area contributed by atoms with Crippen molar-refractivity contribution in [1.82, 2.24) is 0 Å². The lowest BCUT2D eigenvalue weighted by Crippen LogP contribution is -2.06. The van der Waals surface area contributed by atoms with Crippen LogP contribution in [0.25, 0.3) is 0 Å². The lowest BCUT2D eigenvalue weighted by Gasteiger charge is -2.09. The highest BCUT2D eigenvalue weighted by atomic mass is 35.6. The van der Waals surface area contributed by atoms with Crippen LogP contribution in [0.1, 0.15) is 5.56 Å². The molecule has 0 aliphatic carbocycles. The van der Waals surface area contributed by atoms with Gasteiger partial charge in [0, 0.05) is 9.52 Å². The van der Waals surface area contributed by atoms with Gasteiger partial charge in [-0.25, -0.2) is 0 Å². The van der Waals surface area contributed by atoms with Crippen LogP contribution in [0, 0.1) is 0 Å². The minimum absolute atomic E-state index is 0.233. The maximum Gasteiger partial charge on any atom is 0.187 e. The highest BCUT2D eigenvalue weighted by molar-refractivity contribution is 6.70. The van der Waals surface area contributed by atoms with Crippen LogP contribution < -0.4 is 0 Å². The molecular weight excluding hydrogens is 255 g/mol. The Bertz CT molecular complexity index is 256. The van der Waals surface area contributed by atoms with Gasteiger partial charge >= 0.3 is 0 Å². The van der Waals surface area contributed by atoms with Crippen LogP contribution in [0.3, 0.4) is 0 Å². The number of hydrogen-bond donors (Lipinski definition) is 0. The summed E-state index contributed by atoms with van der Waals surface area (Å²) < 4.78 is -1.02. The Morgan fingerprint density at radius 2 is 1.71 bits per heavy atom. The van der Waals surface area contributed by atoms with Gasteiger partial charge in [-0.2, -0.15) is 0 Å². The van der Waals surface area contributed by atoms with Crippen molar-refractivity contribution in [3.05, 3.63) is 35.9 Å². The fourth-order valence-corrected chi connectivity index (χ4v) is 3.81. The van der Waals surface area contributed by atoms with E-state index in [0.717, 1.165) is 12.5 Å². The van der Waals surface area contributed by atoms with Crippen molar-refractivity contribution in [2.45, 2.75) is 22.3 Å². The van der Waals surface area contributed by atoms with E-state index in [1.54, 1.807) is 0 Å². The standard InChI is InChI=1S/C10H13Cl3Si/c11-10(12,13)8-14-7-6-9-4-2-1-3-5-9/h1-5H,6-8,14H2. The molecule has 1 rings (SSSR count). The molecule has 0 atom stereocenters. The molecule has 0 radical (unpaired) electrons. The second kappa shape index (κ2) is 6.01. The third kappa shape index (κ3) is 5.92. The van der Waals surface area contributed by atoms with E-state index in [-0.39, 0.29) is 9.52 Å². The third-order valence-electron chi connectivity index (χ3n) is 2.02. The molecule has 0 fully saturated rings. The van der Waals surface area contributed by atoms with E-state index in [9.17, 15) is 0 Å². The Morgan fingerprint density at radius 3 is 2.29 bits per heavy atom. The average Bonchev–Trinajstić information content (AvgIpc) is 2.13. The molecule has 0 aromatic heterocycles. The summed E-state index contributed by atoms with van der Waals surface area (Å²) in [6, 6.07) is 12.4. The van der Waals surface area contributed by atoms with Crippen LogP contribution in [0.2, 0.25) is 12.1 Å². The van der Waals surface area contributed by atoms with Gasteiger partial charge in [-0.1, -0.05) is 71.2 Å². The third-order valence-corrected chi connectivity index (χ3v) is 5.49. The van der Waals surface area contributed by atoms with Crippen molar-refractivity contribution >= 4 is 44.3 Å². The molecule has 78 valence electrons.